The Bertz CT molecular complexity index is 294. The van der Waals surface area contributed by atoms with Crippen LogP contribution in [0.3, 0.4) is 0 Å². The Morgan fingerprint density at radius 3 is 2.00 bits per heavy atom. The van der Waals surface area contributed by atoms with E-state index < -0.39 is 7.75 Å². The zero-order valence-corrected chi connectivity index (χ0v) is 8.27. The predicted octanol–water partition coefficient (Wildman–Crippen LogP) is -1.32. The molecule has 0 atom stereocenters. The molecule has 14 heavy (non-hydrogen) atoms. The van der Waals surface area contributed by atoms with Crippen LogP contribution in [-0.2, 0) is 14.2 Å². The zero-order chi connectivity index (χ0) is 11.4. The van der Waals surface area contributed by atoms with Crippen LogP contribution in [0.4, 0.5) is 0 Å². The van der Waals surface area contributed by atoms with Crippen molar-refractivity contribution in [2.75, 3.05) is 20.1 Å². The highest BCUT2D eigenvalue weighted by atomic mass is 31.2. The third-order valence-electron chi connectivity index (χ3n) is 1.57. The van der Waals surface area contributed by atoms with E-state index in [1.807, 2.05) is 0 Å². The molecule has 0 saturated carbocycles. The maximum Gasteiger partial charge on any atom is 0.432 e. The van der Waals surface area contributed by atoms with Crippen LogP contribution in [0.5, 0.6) is 0 Å². The first-order valence-electron chi connectivity index (χ1n) is 3.47. The van der Waals surface area contributed by atoms with Gasteiger partial charge in [0.2, 0.25) is 5.96 Å². The summed E-state index contributed by atoms with van der Waals surface area (Å²) in [5, 5.41) is 7.23. The van der Waals surface area contributed by atoms with Gasteiger partial charge in [-0.15, -0.1) is 0 Å². The molecule has 1 aliphatic heterocycles. The van der Waals surface area contributed by atoms with Gasteiger partial charge in [0.1, 0.15) is 0 Å². The van der Waals surface area contributed by atoms with Crippen LogP contribution in [0.15, 0.2) is 0 Å². The zero-order valence-electron chi connectivity index (χ0n) is 7.38. The van der Waals surface area contributed by atoms with Gasteiger partial charge in [-0.3, -0.25) is 5.41 Å². The summed E-state index contributed by atoms with van der Waals surface area (Å²) in [7, 11) is -2.62. The summed E-state index contributed by atoms with van der Waals surface area (Å²) < 4.78 is 11.4. The molecule has 0 aliphatic carbocycles. The van der Waals surface area contributed by atoms with E-state index in [9.17, 15) is 4.57 Å². The normalized spacial score (nSPS) is 16.1. The fraction of sp³-hybridized carbons (Fsp3) is 0.600. The summed E-state index contributed by atoms with van der Waals surface area (Å²) >= 11 is 0. The molecule has 1 aliphatic rings. The molecule has 1 fully saturated rings. The lowest BCUT2D eigenvalue weighted by Crippen LogP contribution is -2.27. The number of nitrogens with zero attached hydrogens (tertiary/aromatic N) is 2. The van der Waals surface area contributed by atoms with Crippen molar-refractivity contribution in [3.8, 4) is 0 Å². The van der Waals surface area contributed by atoms with Gasteiger partial charge in [-0.05, 0) is 0 Å². The molecule has 0 spiro atoms. The second kappa shape index (κ2) is 4.88. The number of rotatable bonds is 1. The monoisotopic (exact) mass is 223 g/mol. The summed E-state index contributed by atoms with van der Waals surface area (Å²) in [4.78, 5) is 35.1. The minimum absolute atomic E-state index is 0.113. The molecule has 0 aromatic heterocycles. The van der Waals surface area contributed by atoms with E-state index in [4.69, 9.17) is 24.8 Å². The molecule has 0 bridgehead atoms. The molecule has 0 aromatic carbocycles. The molecule has 1 heterocycles. The summed E-state index contributed by atoms with van der Waals surface area (Å²) in [6.07, 6.45) is 0.250. The topological polar surface area (TPSA) is 122 Å². The fourth-order valence-corrected chi connectivity index (χ4v) is 1.66. The van der Waals surface area contributed by atoms with Gasteiger partial charge in [-0.2, -0.15) is 9.59 Å². The standard InChI is InChI=1S/C4H10N3O3P.CO2/c1-6-2-3-7(4(6)5)11(8,9)10;2-1-3/h5H,2-3H2,1H3,(H2,8,9,10);. The SMILES string of the molecule is CN1CCN(P(=O)(O)O)C1=N.O=C=O. The lowest BCUT2D eigenvalue weighted by Gasteiger charge is -2.18. The molecule has 1 saturated heterocycles. The van der Waals surface area contributed by atoms with Gasteiger partial charge in [-0.1, -0.05) is 0 Å². The molecular formula is C5H10N3O5P. The number of guanidine groups is 1. The molecule has 0 amide bonds. The molecule has 9 heteroatoms. The Morgan fingerprint density at radius 1 is 1.43 bits per heavy atom. The van der Waals surface area contributed by atoms with Crippen molar-refractivity contribution in [1.82, 2.24) is 9.57 Å². The van der Waals surface area contributed by atoms with E-state index in [1.165, 1.54) is 4.90 Å². The van der Waals surface area contributed by atoms with Gasteiger partial charge >= 0.3 is 13.9 Å². The molecule has 80 valence electrons. The second-order valence-corrected chi connectivity index (χ2v) is 3.97. The van der Waals surface area contributed by atoms with Crippen LogP contribution in [0.1, 0.15) is 0 Å². The smallest absolute Gasteiger partial charge is 0.344 e. The predicted molar refractivity (Wildman–Crippen MR) is 44.1 cm³/mol. The molecule has 0 unspecified atom stereocenters. The van der Waals surface area contributed by atoms with Crippen molar-refractivity contribution in [1.29, 1.82) is 5.41 Å². The first kappa shape index (κ1) is 12.8. The summed E-state index contributed by atoms with van der Waals surface area (Å²) in [6, 6.07) is 0. The van der Waals surface area contributed by atoms with Gasteiger partial charge < -0.3 is 14.7 Å². The first-order chi connectivity index (χ1) is 6.34. The third-order valence-corrected chi connectivity index (χ3v) is 2.59. The molecular weight excluding hydrogens is 213 g/mol. The highest BCUT2D eigenvalue weighted by molar-refractivity contribution is 7.50. The largest absolute Gasteiger partial charge is 0.432 e. The number of carbonyl (C=O) groups excluding carboxylic acids is 2. The van der Waals surface area contributed by atoms with Crippen molar-refractivity contribution in [2.45, 2.75) is 0 Å². The van der Waals surface area contributed by atoms with Crippen molar-refractivity contribution in [2.24, 2.45) is 0 Å². The van der Waals surface area contributed by atoms with Gasteiger partial charge in [0.25, 0.3) is 0 Å². The lowest BCUT2D eigenvalue weighted by atomic mass is 10.7. The van der Waals surface area contributed by atoms with Crippen molar-refractivity contribution < 1.29 is 23.9 Å². The summed E-state index contributed by atoms with van der Waals surface area (Å²) in [5.74, 6) is -0.113. The van der Waals surface area contributed by atoms with Crippen molar-refractivity contribution in [3.63, 3.8) is 0 Å². The Morgan fingerprint density at radius 2 is 1.86 bits per heavy atom. The Hall–Kier alpha value is -1.20. The maximum absolute atomic E-state index is 10.6. The van der Waals surface area contributed by atoms with Crippen LogP contribution >= 0.6 is 7.75 Å². The van der Waals surface area contributed by atoms with Crippen LogP contribution in [0.2, 0.25) is 0 Å². The highest BCUT2D eigenvalue weighted by Crippen LogP contribution is 2.41. The van der Waals surface area contributed by atoms with Crippen LogP contribution < -0.4 is 0 Å². The lowest BCUT2D eigenvalue weighted by molar-refractivity contribution is -0.191. The fourth-order valence-electron chi connectivity index (χ4n) is 0.907. The summed E-state index contributed by atoms with van der Waals surface area (Å²) in [6.45, 7) is 0.712. The Balaban J connectivity index is 0.000000500. The number of hydrogen-bond donors (Lipinski definition) is 3. The molecule has 8 nitrogen and oxygen atoms in total. The second-order valence-electron chi connectivity index (χ2n) is 2.46. The average Bonchev–Trinajstić information content (AvgIpc) is 2.33. The Labute approximate surface area is 79.8 Å². The van der Waals surface area contributed by atoms with Crippen LogP contribution in [0, 0.1) is 5.41 Å². The van der Waals surface area contributed by atoms with E-state index in [-0.39, 0.29) is 18.7 Å². The molecule has 0 aromatic rings. The van der Waals surface area contributed by atoms with Gasteiger partial charge in [0, 0.05) is 20.1 Å². The average molecular weight is 223 g/mol. The Kier molecular flexibility index (Phi) is 4.46. The number of nitrogens with one attached hydrogen (secondary N) is 1. The molecule has 0 radical (unpaired) electrons. The number of hydrogen-bond acceptors (Lipinski definition) is 4. The number of likely N-dealkylation sites (N-methyl/N-ethyl adjacent to an activating group) is 1. The first-order valence-corrected chi connectivity index (χ1v) is 5.03. The van der Waals surface area contributed by atoms with E-state index in [0.717, 1.165) is 4.67 Å². The minimum atomic E-state index is -4.24. The molecule has 1 rings (SSSR count). The molecule has 3 N–H and O–H groups in total. The third kappa shape index (κ3) is 3.27. The van der Waals surface area contributed by atoms with E-state index in [0.29, 0.717) is 6.54 Å². The van der Waals surface area contributed by atoms with E-state index >= 15 is 0 Å². The highest BCUT2D eigenvalue weighted by Gasteiger charge is 2.34. The van der Waals surface area contributed by atoms with Crippen molar-refractivity contribution in [3.05, 3.63) is 0 Å². The van der Waals surface area contributed by atoms with Gasteiger partial charge in [0.05, 0.1) is 0 Å². The van der Waals surface area contributed by atoms with Crippen LogP contribution in [-0.4, -0.2) is 51.6 Å². The van der Waals surface area contributed by atoms with E-state index in [1.54, 1.807) is 7.05 Å². The van der Waals surface area contributed by atoms with Gasteiger partial charge in [0.15, 0.2) is 0 Å². The maximum atomic E-state index is 10.6. The minimum Gasteiger partial charge on any atom is -0.344 e. The van der Waals surface area contributed by atoms with Gasteiger partial charge in [-0.25, -0.2) is 9.24 Å². The summed E-state index contributed by atoms with van der Waals surface area (Å²) in [5.41, 5.74) is 0. The van der Waals surface area contributed by atoms with Crippen LogP contribution in [0.25, 0.3) is 0 Å². The van der Waals surface area contributed by atoms with E-state index in [2.05, 4.69) is 0 Å². The quantitative estimate of drug-likeness (QED) is 0.471. The van der Waals surface area contributed by atoms with Crippen molar-refractivity contribution >= 4 is 19.9 Å².